The zero-order valence-corrected chi connectivity index (χ0v) is 9.68. The molecule has 0 spiro atoms. The number of nitrogens with one attached hydrogen (secondary N) is 1. The highest BCUT2D eigenvalue weighted by Gasteiger charge is 2.26. The number of sulfone groups is 1. The molecular formula is C8H7F3N2O4S. The summed E-state index contributed by atoms with van der Waals surface area (Å²) in [4.78, 5) is 12.9. The van der Waals surface area contributed by atoms with Gasteiger partial charge in [-0.1, -0.05) is 0 Å². The first-order chi connectivity index (χ1) is 8.14. The van der Waals surface area contributed by atoms with Gasteiger partial charge in [0.2, 0.25) is 5.82 Å². The first kappa shape index (κ1) is 14.2. The van der Waals surface area contributed by atoms with E-state index in [1.54, 1.807) is 5.32 Å². The van der Waals surface area contributed by atoms with Crippen molar-refractivity contribution in [2.75, 3.05) is 18.1 Å². The fourth-order valence-electron chi connectivity index (χ4n) is 1.06. The van der Waals surface area contributed by atoms with E-state index in [2.05, 4.69) is 4.98 Å². The van der Waals surface area contributed by atoms with Crippen LogP contribution in [0.4, 0.5) is 18.9 Å². The Morgan fingerprint density at radius 1 is 1.33 bits per heavy atom. The van der Waals surface area contributed by atoms with Crippen LogP contribution in [0.1, 0.15) is 0 Å². The van der Waals surface area contributed by atoms with Gasteiger partial charge in [-0.15, -0.1) is 0 Å². The number of carboxylic acid groups (broad SMARTS) is 1. The van der Waals surface area contributed by atoms with Gasteiger partial charge >= 0.3 is 5.97 Å². The van der Waals surface area contributed by atoms with Gasteiger partial charge in [0.25, 0.3) is 5.95 Å². The van der Waals surface area contributed by atoms with Crippen LogP contribution in [0, 0.1) is 17.6 Å². The zero-order chi connectivity index (χ0) is 14.1. The molecule has 0 aliphatic rings. The third kappa shape index (κ3) is 2.88. The lowest BCUT2D eigenvalue weighted by atomic mass is 10.3. The van der Waals surface area contributed by atoms with Crippen LogP contribution < -0.4 is 5.32 Å². The third-order valence-electron chi connectivity index (χ3n) is 1.78. The normalized spacial score (nSPS) is 11.3. The Morgan fingerprint density at radius 2 is 1.89 bits per heavy atom. The molecule has 1 aromatic heterocycles. The lowest BCUT2D eigenvalue weighted by molar-refractivity contribution is -0.134. The predicted molar refractivity (Wildman–Crippen MR) is 53.3 cm³/mol. The smallest absolute Gasteiger partial charge is 0.322 e. The summed E-state index contributed by atoms with van der Waals surface area (Å²) in [5, 5.41) is 8.76. The third-order valence-corrected chi connectivity index (χ3v) is 2.75. The topological polar surface area (TPSA) is 96.4 Å². The maximum absolute atomic E-state index is 13.6. The van der Waals surface area contributed by atoms with Gasteiger partial charge in [-0.3, -0.25) is 4.79 Å². The molecule has 2 N–H and O–H groups in total. The van der Waals surface area contributed by atoms with Crippen molar-refractivity contribution < 1.29 is 31.5 Å². The van der Waals surface area contributed by atoms with Crippen LogP contribution in [0.2, 0.25) is 0 Å². The summed E-state index contributed by atoms with van der Waals surface area (Å²) < 4.78 is 61.8. The van der Waals surface area contributed by atoms with E-state index in [4.69, 9.17) is 5.11 Å². The Hall–Kier alpha value is -1.84. The average molecular weight is 284 g/mol. The van der Waals surface area contributed by atoms with Crippen molar-refractivity contribution in [2.24, 2.45) is 0 Å². The Morgan fingerprint density at radius 3 is 2.33 bits per heavy atom. The van der Waals surface area contributed by atoms with Crippen LogP contribution in [-0.4, -0.2) is 37.3 Å². The van der Waals surface area contributed by atoms with E-state index in [9.17, 15) is 26.4 Å². The van der Waals surface area contributed by atoms with E-state index in [-0.39, 0.29) is 0 Å². The molecule has 18 heavy (non-hydrogen) atoms. The first-order valence-electron chi connectivity index (χ1n) is 4.34. The standard InChI is InChI=1S/C8H7F3N2O4S/c1-18(16,17)8-5(10)6(12-2-3(14)15)4(9)7(11)13-8/h2H2,1H3,(H,12,13)(H,14,15). The van der Waals surface area contributed by atoms with E-state index in [1.165, 1.54) is 0 Å². The maximum Gasteiger partial charge on any atom is 0.322 e. The van der Waals surface area contributed by atoms with Gasteiger partial charge in [-0.25, -0.2) is 17.8 Å². The monoisotopic (exact) mass is 284 g/mol. The van der Waals surface area contributed by atoms with E-state index >= 15 is 0 Å². The molecule has 0 bridgehead atoms. The summed E-state index contributed by atoms with van der Waals surface area (Å²) in [6.45, 7) is -0.916. The van der Waals surface area contributed by atoms with Crippen molar-refractivity contribution >= 4 is 21.5 Å². The molecule has 1 rings (SSSR count). The quantitative estimate of drug-likeness (QED) is 0.777. The Labute approximate surface area is 99.4 Å². The molecule has 6 nitrogen and oxygen atoms in total. The van der Waals surface area contributed by atoms with Crippen LogP contribution in [-0.2, 0) is 14.6 Å². The fourth-order valence-corrected chi connectivity index (χ4v) is 1.73. The second kappa shape index (κ2) is 4.80. The predicted octanol–water partition coefficient (Wildman–Crippen LogP) is 0.399. The molecule has 0 fully saturated rings. The number of aromatic nitrogens is 1. The number of carboxylic acids is 1. The highest BCUT2D eigenvalue weighted by atomic mass is 32.2. The van der Waals surface area contributed by atoms with Crippen molar-refractivity contribution in [3.8, 4) is 0 Å². The number of hydrogen-bond acceptors (Lipinski definition) is 5. The van der Waals surface area contributed by atoms with Gasteiger partial charge in [-0.2, -0.15) is 8.78 Å². The highest BCUT2D eigenvalue weighted by molar-refractivity contribution is 7.90. The van der Waals surface area contributed by atoms with Gasteiger partial charge in [0.15, 0.2) is 20.7 Å². The number of anilines is 1. The molecule has 0 saturated heterocycles. The number of aliphatic carboxylic acids is 1. The summed E-state index contributed by atoms with van der Waals surface area (Å²) in [5.74, 6) is -6.77. The highest BCUT2D eigenvalue weighted by Crippen LogP contribution is 2.25. The van der Waals surface area contributed by atoms with E-state index in [1.807, 2.05) is 0 Å². The molecule has 0 aliphatic carbocycles. The van der Waals surface area contributed by atoms with E-state index in [0.717, 1.165) is 0 Å². The molecule has 0 amide bonds. The Kier molecular flexibility index (Phi) is 3.79. The minimum Gasteiger partial charge on any atom is -0.480 e. The van der Waals surface area contributed by atoms with Crippen molar-refractivity contribution in [3.05, 3.63) is 17.6 Å². The average Bonchev–Trinajstić information content (AvgIpc) is 2.21. The largest absolute Gasteiger partial charge is 0.480 e. The number of halogens is 3. The molecule has 1 aromatic rings. The fraction of sp³-hybridized carbons (Fsp3) is 0.250. The minimum absolute atomic E-state index is 0.552. The number of nitrogens with zero attached hydrogens (tertiary/aromatic N) is 1. The van der Waals surface area contributed by atoms with Crippen LogP contribution in [0.15, 0.2) is 5.03 Å². The van der Waals surface area contributed by atoms with E-state index < -0.39 is 50.6 Å². The molecule has 0 saturated carbocycles. The molecule has 100 valence electrons. The summed E-state index contributed by atoms with van der Waals surface area (Å²) in [7, 11) is -4.21. The van der Waals surface area contributed by atoms with Gasteiger partial charge in [0.1, 0.15) is 12.2 Å². The van der Waals surface area contributed by atoms with Crippen LogP contribution in [0.5, 0.6) is 0 Å². The molecule has 10 heteroatoms. The van der Waals surface area contributed by atoms with Crippen molar-refractivity contribution in [1.29, 1.82) is 0 Å². The van der Waals surface area contributed by atoms with Gasteiger partial charge < -0.3 is 10.4 Å². The van der Waals surface area contributed by atoms with Gasteiger partial charge in [0, 0.05) is 6.26 Å². The molecule has 1 heterocycles. The summed E-state index contributed by atoms with van der Waals surface area (Å²) in [5.41, 5.74) is -1.19. The lowest BCUT2D eigenvalue weighted by Gasteiger charge is -2.09. The molecule has 0 aromatic carbocycles. The van der Waals surface area contributed by atoms with E-state index in [0.29, 0.717) is 6.26 Å². The number of hydrogen-bond donors (Lipinski definition) is 2. The van der Waals surface area contributed by atoms with Crippen LogP contribution in [0.3, 0.4) is 0 Å². The minimum atomic E-state index is -4.21. The molecule has 0 unspecified atom stereocenters. The summed E-state index contributed by atoms with van der Waals surface area (Å²) >= 11 is 0. The zero-order valence-electron chi connectivity index (χ0n) is 8.87. The van der Waals surface area contributed by atoms with Crippen molar-refractivity contribution in [3.63, 3.8) is 0 Å². The SMILES string of the molecule is CS(=O)(=O)c1nc(F)c(F)c(NCC(=O)O)c1F. The second-order valence-corrected chi connectivity index (χ2v) is 5.16. The molecular weight excluding hydrogens is 277 g/mol. The van der Waals surface area contributed by atoms with Gasteiger partial charge in [-0.05, 0) is 0 Å². The molecule has 0 radical (unpaired) electrons. The summed E-state index contributed by atoms with van der Waals surface area (Å²) in [6, 6.07) is 0. The van der Waals surface area contributed by atoms with Crippen LogP contribution >= 0.6 is 0 Å². The lowest BCUT2D eigenvalue weighted by Crippen LogP contribution is -2.18. The first-order valence-corrected chi connectivity index (χ1v) is 6.24. The summed E-state index contributed by atoms with van der Waals surface area (Å²) in [6.07, 6.45) is 0.552. The van der Waals surface area contributed by atoms with Crippen molar-refractivity contribution in [1.82, 2.24) is 4.98 Å². The Bertz CT molecular complexity index is 603. The maximum atomic E-state index is 13.6. The number of pyridine rings is 1. The number of rotatable bonds is 4. The molecule has 0 atom stereocenters. The van der Waals surface area contributed by atoms with Gasteiger partial charge in [0.05, 0.1) is 0 Å². The van der Waals surface area contributed by atoms with Crippen LogP contribution in [0.25, 0.3) is 0 Å². The Balaban J connectivity index is 3.41. The number of carbonyl (C=O) groups is 1. The molecule has 0 aliphatic heterocycles. The second-order valence-electron chi connectivity index (χ2n) is 3.23. The van der Waals surface area contributed by atoms with Crippen molar-refractivity contribution in [2.45, 2.75) is 5.03 Å².